The standard InChI is InChI=1S/C23H19BrN2O5/c1-30-21-14-17(13-20(24)23(21)31-15-16-5-3-2-4-6-16)7-12-22(27)25-18-8-10-19(11-9-18)26(28)29/h2-14H,15H2,1H3,(H,25,27)/b12-7+. The zero-order valence-corrected chi connectivity index (χ0v) is 18.2. The quantitative estimate of drug-likeness (QED) is 0.256. The maximum Gasteiger partial charge on any atom is 0.269 e. The molecular weight excluding hydrogens is 464 g/mol. The number of methoxy groups -OCH3 is 1. The second kappa shape index (κ2) is 10.4. The molecule has 1 amide bonds. The summed E-state index contributed by atoms with van der Waals surface area (Å²) in [7, 11) is 1.55. The lowest BCUT2D eigenvalue weighted by Crippen LogP contribution is -2.07. The van der Waals surface area contributed by atoms with Gasteiger partial charge >= 0.3 is 0 Å². The van der Waals surface area contributed by atoms with Gasteiger partial charge in [-0.1, -0.05) is 30.3 Å². The molecule has 31 heavy (non-hydrogen) atoms. The number of anilines is 1. The van der Waals surface area contributed by atoms with E-state index in [9.17, 15) is 14.9 Å². The van der Waals surface area contributed by atoms with Crippen LogP contribution in [-0.4, -0.2) is 17.9 Å². The van der Waals surface area contributed by atoms with Gasteiger partial charge in [-0.15, -0.1) is 0 Å². The van der Waals surface area contributed by atoms with E-state index >= 15 is 0 Å². The minimum absolute atomic E-state index is 0.0416. The number of hydrogen-bond donors (Lipinski definition) is 1. The number of nitro groups is 1. The van der Waals surface area contributed by atoms with Gasteiger partial charge in [-0.3, -0.25) is 14.9 Å². The van der Waals surface area contributed by atoms with E-state index in [1.165, 1.54) is 30.3 Å². The molecule has 0 aliphatic rings. The Bertz CT molecular complexity index is 1100. The third kappa shape index (κ3) is 6.16. The Hall–Kier alpha value is -3.65. The van der Waals surface area contributed by atoms with Gasteiger partial charge in [0.05, 0.1) is 16.5 Å². The third-order valence-electron chi connectivity index (χ3n) is 4.25. The summed E-state index contributed by atoms with van der Waals surface area (Å²) in [6.45, 7) is 0.391. The summed E-state index contributed by atoms with van der Waals surface area (Å²) < 4.78 is 12.0. The lowest BCUT2D eigenvalue weighted by Gasteiger charge is -2.13. The molecule has 0 bridgehead atoms. The summed E-state index contributed by atoms with van der Waals surface area (Å²) in [6, 6.07) is 19.0. The second-order valence-corrected chi connectivity index (χ2v) is 7.29. The molecule has 0 atom stereocenters. The zero-order valence-electron chi connectivity index (χ0n) is 16.6. The van der Waals surface area contributed by atoms with Crippen LogP contribution in [0.2, 0.25) is 0 Å². The number of nitro benzene ring substituents is 1. The molecule has 3 rings (SSSR count). The zero-order chi connectivity index (χ0) is 22.2. The summed E-state index contributed by atoms with van der Waals surface area (Å²) in [5, 5.41) is 13.4. The molecule has 3 aromatic carbocycles. The van der Waals surface area contributed by atoms with Crippen LogP contribution in [-0.2, 0) is 11.4 Å². The minimum atomic E-state index is -0.496. The first-order valence-electron chi connectivity index (χ1n) is 9.24. The molecule has 1 N–H and O–H groups in total. The van der Waals surface area contributed by atoms with Crippen LogP contribution in [0.1, 0.15) is 11.1 Å². The van der Waals surface area contributed by atoms with Crippen molar-refractivity contribution in [2.24, 2.45) is 0 Å². The molecule has 0 unspecified atom stereocenters. The van der Waals surface area contributed by atoms with E-state index in [4.69, 9.17) is 9.47 Å². The van der Waals surface area contributed by atoms with Crippen molar-refractivity contribution in [3.63, 3.8) is 0 Å². The molecule has 0 aromatic heterocycles. The number of non-ortho nitro benzene ring substituents is 1. The fourth-order valence-corrected chi connectivity index (χ4v) is 3.30. The van der Waals surface area contributed by atoms with Crippen molar-refractivity contribution in [2.45, 2.75) is 6.61 Å². The Morgan fingerprint density at radius 3 is 2.48 bits per heavy atom. The highest BCUT2D eigenvalue weighted by atomic mass is 79.9. The predicted octanol–water partition coefficient (Wildman–Crippen LogP) is 5.60. The SMILES string of the molecule is COc1cc(/C=C/C(=O)Nc2ccc([N+](=O)[O-])cc2)cc(Br)c1OCc1ccccc1. The van der Waals surface area contributed by atoms with Gasteiger partial charge in [0.15, 0.2) is 11.5 Å². The van der Waals surface area contributed by atoms with Gasteiger partial charge in [0.1, 0.15) is 6.61 Å². The lowest BCUT2D eigenvalue weighted by molar-refractivity contribution is -0.384. The molecule has 0 heterocycles. The minimum Gasteiger partial charge on any atom is -0.493 e. The monoisotopic (exact) mass is 482 g/mol. The topological polar surface area (TPSA) is 90.7 Å². The molecule has 0 aliphatic carbocycles. The number of rotatable bonds is 8. The van der Waals surface area contributed by atoms with Crippen LogP contribution in [0.15, 0.2) is 77.3 Å². The van der Waals surface area contributed by atoms with Crippen molar-refractivity contribution in [1.29, 1.82) is 0 Å². The fraction of sp³-hybridized carbons (Fsp3) is 0.0870. The number of nitrogens with one attached hydrogen (secondary N) is 1. The van der Waals surface area contributed by atoms with E-state index in [1.807, 2.05) is 36.4 Å². The number of halogens is 1. The van der Waals surface area contributed by atoms with Crippen molar-refractivity contribution in [3.05, 3.63) is 98.5 Å². The number of ether oxygens (including phenoxy) is 2. The van der Waals surface area contributed by atoms with E-state index < -0.39 is 4.92 Å². The van der Waals surface area contributed by atoms with Crippen molar-refractivity contribution in [2.75, 3.05) is 12.4 Å². The van der Waals surface area contributed by atoms with Gasteiger partial charge in [-0.05, 0) is 57.4 Å². The number of amides is 1. The third-order valence-corrected chi connectivity index (χ3v) is 4.84. The van der Waals surface area contributed by atoms with E-state index in [0.29, 0.717) is 28.3 Å². The lowest BCUT2D eigenvalue weighted by atomic mass is 10.2. The molecule has 0 saturated carbocycles. The van der Waals surface area contributed by atoms with Gasteiger partial charge in [0, 0.05) is 23.9 Å². The summed E-state index contributed by atoms with van der Waals surface area (Å²) in [5.74, 6) is 0.730. The smallest absolute Gasteiger partial charge is 0.269 e. The molecule has 3 aromatic rings. The summed E-state index contributed by atoms with van der Waals surface area (Å²) >= 11 is 3.50. The largest absolute Gasteiger partial charge is 0.493 e. The van der Waals surface area contributed by atoms with Gasteiger partial charge in [0.25, 0.3) is 5.69 Å². The van der Waals surface area contributed by atoms with E-state index in [2.05, 4.69) is 21.2 Å². The van der Waals surface area contributed by atoms with E-state index in [0.717, 1.165) is 11.1 Å². The molecule has 0 spiro atoms. The first-order valence-corrected chi connectivity index (χ1v) is 10.0. The highest BCUT2D eigenvalue weighted by Crippen LogP contribution is 2.37. The summed E-state index contributed by atoms with van der Waals surface area (Å²) in [4.78, 5) is 22.4. The molecule has 7 nitrogen and oxygen atoms in total. The Morgan fingerprint density at radius 2 is 1.84 bits per heavy atom. The number of carbonyl (C=O) groups is 1. The Balaban J connectivity index is 1.67. The number of benzene rings is 3. The normalized spacial score (nSPS) is 10.6. The van der Waals surface area contributed by atoms with Crippen molar-refractivity contribution in [1.82, 2.24) is 0 Å². The average molecular weight is 483 g/mol. The van der Waals surface area contributed by atoms with E-state index in [1.54, 1.807) is 19.3 Å². The highest BCUT2D eigenvalue weighted by Gasteiger charge is 2.12. The van der Waals surface area contributed by atoms with Crippen molar-refractivity contribution >= 4 is 39.3 Å². The molecule has 0 saturated heterocycles. The Morgan fingerprint density at radius 1 is 1.13 bits per heavy atom. The summed E-state index contributed by atoms with van der Waals surface area (Å²) in [5.41, 5.74) is 2.18. The summed E-state index contributed by atoms with van der Waals surface area (Å²) in [6.07, 6.45) is 3.00. The number of hydrogen-bond acceptors (Lipinski definition) is 5. The van der Waals surface area contributed by atoms with Gasteiger partial charge in [-0.25, -0.2) is 0 Å². The van der Waals surface area contributed by atoms with Crippen LogP contribution in [0.25, 0.3) is 6.08 Å². The molecular formula is C23H19BrN2O5. The maximum absolute atomic E-state index is 12.2. The maximum atomic E-state index is 12.2. The molecule has 8 heteroatoms. The predicted molar refractivity (Wildman–Crippen MR) is 122 cm³/mol. The van der Waals surface area contributed by atoms with Crippen LogP contribution in [0, 0.1) is 10.1 Å². The number of nitrogens with zero attached hydrogens (tertiary/aromatic N) is 1. The Labute approximate surface area is 187 Å². The molecule has 0 fully saturated rings. The fourth-order valence-electron chi connectivity index (χ4n) is 2.73. The van der Waals surface area contributed by atoms with Crippen LogP contribution in [0.5, 0.6) is 11.5 Å². The van der Waals surface area contributed by atoms with E-state index in [-0.39, 0.29) is 11.6 Å². The van der Waals surface area contributed by atoms with Crippen molar-refractivity contribution < 1.29 is 19.2 Å². The molecule has 0 radical (unpaired) electrons. The number of carbonyl (C=O) groups excluding carboxylic acids is 1. The van der Waals surface area contributed by atoms with Crippen molar-refractivity contribution in [3.8, 4) is 11.5 Å². The van der Waals surface area contributed by atoms with Crippen LogP contribution in [0.4, 0.5) is 11.4 Å². The molecule has 0 aliphatic heterocycles. The highest BCUT2D eigenvalue weighted by molar-refractivity contribution is 9.10. The average Bonchev–Trinajstić information content (AvgIpc) is 2.77. The van der Waals surface area contributed by atoms with Gasteiger partial charge in [0.2, 0.25) is 5.91 Å². The molecule has 158 valence electrons. The van der Waals surface area contributed by atoms with Gasteiger partial charge < -0.3 is 14.8 Å². The first-order chi connectivity index (χ1) is 15.0. The first kappa shape index (κ1) is 22.0. The van der Waals surface area contributed by atoms with Crippen LogP contribution >= 0.6 is 15.9 Å². The second-order valence-electron chi connectivity index (χ2n) is 6.43. The van der Waals surface area contributed by atoms with Crippen LogP contribution < -0.4 is 14.8 Å². The van der Waals surface area contributed by atoms with Crippen LogP contribution in [0.3, 0.4) is 0 Å². The van der Waals surface area contributed by atoms with Gasteiger partial charge in [-0.2, -0.15) is 0 Å². The Kier molecular flexibility index (Phi) is 7.40.